The van der Waals surface area contributed by atoms with E-state index in [9.17, 15) is 33.6 Å². The fraction of sp³-hybridized carbons (Fsp3) is 0.738. The molecule has 2 aliphatic heterocycles. The highest BCUT2D eigenvalue weighted by Gasteiger charge is 2.45. The zero-order chi connectivity index (χ0) is 40.8. The molecule has 2 saturated carbocycles. The fourth-order valence-electron chi connectivity index (χ4n) is 7.98. The Balaban J connectivity index is 1.60. The summed E-state index contributed by atoms with van der Waals surface area (Å²) in [6.45, 7) is 19.6. The smallest absolute Gasteiger partial charge is 0.315 e. The number of nitrogens with zero attached hydrogens (tertiary/aromatic N) is 2. The summed E-state index contributed by atoms with van der Waals surface area (Å²) < 4.78 is 0. The molecule has 2 aliphatic carbocycles. The van der Waals surface area contributed by atoms with Gasteiger partial charge in [0.15, 0.2) is 0 Å². The Hall–Kier alpha value is -4.03. The third kappa shape index (κ3) is 11.7. The van der Waals surface area contributed by atoms with Crippen molar-refractivity contribution >= 4 is 41.4 Å². The second-order valence-corrected chi connectivity index (χ2v) is 18.6. The minimum Gasteiger partial charge on any atom is -0.346 e. The summed E-state index contributed by atoms with van der Waals surface area (Å²) in [5, 5.41) is 11.4. The van der Waals surface area contributed by atoms with Crippen LogP contribution >= 0.6 is 0 Å². The molecule has 0 radical (unpaired) electrons. The van der Waals surface area contributed by atoms with Gasteiger partial charge < -0.3 is 26.2 Å². The van der Waals surface area contributed by atoms with Crippen molar-refractivity contribution in [2.24, 2.45) is 28.6 Å². The molecular formula is C42H66N6O7. The van der Waals surface area contributed by atoms with E-state index >= 15 is 0 Å². The molecule has 13 nitrogen and oxygen atoms in total. The van der Waals surface area contributed by atoms with Crippen molar-refractivity contribution in [3.8, 4) is 0 Å². The molecule has 4 rings (SSSR count). The van der Waals surface area contributed by atoms with E-state index in [-0.39, 0.29) is 74.4 Å². The number of imide groups is 1. The van der Waals surface area contributed by atoms with Gasteiger partial charge in [0, 0.05) is 32.5 Å². The van der Waals surface area contributed by atoms with Gasteiger partial charge in [-0.3, -0.25) is 33.7 Å². The van der Waals surface area contributed by atoms with Crippen molar-refractivity contribution in [2.45, 2.75) is 150 Å². The van der Waals surface area contributed by atoms with Gasteiger partial charge in [-0.25, -0.2) is 4.79 Å². The van der Waals surface area contributed by atoms with Crippen LogP contribution < -0.4 is 21.3 Å². The Labute approximate surface area is 327 Å². The number of carbonyl (C=O) groups is 7. The number of piperidine rings is 1. The number of Topliss-reactive ketones (excluding diaryl/α,β-unsaturated/α-hetero) is 1. The maximum absolute atomic E-state index is 14.9. The molecule has 0 spiro atoms. The van der Waals surface area contributed by atoms with E-state index in [1.165, 1.54) is 11.0 Å². The first-order valence-electron chi connectivity index (χ1n) is 20.3. The molecule has 55 heavy (non-hydrogen) atoms. The van der Waals surface area contributed by atoms with Gasteiger partial charge in [-0.15, -0.1) is 6.58 Å². The number of likely N-dealkylation sites (tertiary alicyclic amines) is 2. The lowest BCUT2D eigenvalue weighted by molar-refractivity contribution is -0.153. The quantitative estimate of drug-likeness (QED) is 0.108. The van der Waals surface area contributed by atoms with Gasteiger partial charge in [0.2, 0.25) is 29.4 Å². The molecule has 0 aromatic carbocycles. The van der Waals surface area contributed by atoms with E-state index < -0.39 is 58.6 Å². The van der Waals surface area contributed by atoms with Gasteiger partial charge in [0.1, 0.15) is 12.1 Å². The number of hydrogen-bond donors (Lipinski definition) is 4. The van der Waals surface area contributed by atoms with Crippen LogP contribution in [0.25, 0.3) is 0 Å². The molecule has 13 heteroatoms. The third-order valence-corrected chi connectivity index (χ3v) is 12.0. The molecule has 4 atom stereocenters. The first-order valence-corrected chi connectivity index (χ1v) is 20.3. The largest absolute Gasteiger partial charge is 0.346 e. The number of urea groups is 1. The number of allylic oxidation sites excluding steroid dienone is 1. The van der Waals surface area contributed by atoms with Crippen LogP contribution in [0.2, 0.25) is 0 Å². The maximum Gasteiger partial charge on any atom is 0.315 e. The molecule has 0 aromatic rings. The summed E-state index contributed by atoms with van der Waals surface area (Å²) in [6.07, 6.45) is 8.66. The SMILES string of the molecule is C=CCNC(=O)C(=O)C(CC1CC1)NC(=O)[C@@H]1CC(=C(C)C(C)C)CN1C(=O)[C@@H](NC(=O)N[C@H](CN1C(=O)CC(C)(C)CC1=O)C(C)(C)C)C1CCCCC1. The summed E-state index contributed by atoms with van der Waals surface area (Å²) in [4.78, 5) is 98.0. The standard InChI is InChI=1S/C42H66N6O7/c1-10-18-43-38(53)36(51)30(19-27-16-17-27)44-37(52)31-20-29(26(4)25(2)3)23-47(31)39(54)35(28-14-12-11-13-15-28)46-40(55)45-32(41(5,6)7)24-48-33(49)21-42(8,9)22-34(48)50/h10,25,27-28,30-32,35H,1,11-24H2,2-9H3,(H,43,53)(H,44,52)(H2,45,46,55)/t30?,31-,32+,35-/m0/s1. The van der Waals surface area contributed by atoms with Gasteiger partial charge >= 0.3 is 6.03 Å². The molecule has 4 fully saturated rings. The van der Waals surface area contributed by atoms with E-state index in [0.717, 1.165) is 56.1 Å². The van der Waals surface area contributed by atoms with Gasteiger partial charge in [-0.05, 0) is 66.8 Å². The molecular weight excluding hydrogens is 700 g/mol. The van der Waals surface area contributed by atoms with Crippen molar-refractivity contribution in [2.75, 3.05) is 19.6 Å². The lowest BCUT2D eigenvalue weighted by Crippen LogP contribution is -2.61. The van der Waals surface area contributed by atoms with Crippen molar-refractivity contribution in [1.82, 2.24) is 31.1 Å². The number of carbonyl (C=O) groups excluding carboxylic acids is 7. The van der Waals surface area contributed by atoms with Gasteiger partial charge in [0.25, 0.3) is 5.91 Å². The predicted molar refractivity (Wildman–Crippen MR) is 210 cm³/mol. The lowest BCUT2D eigenvalue weighted by Gasteiger charge is -2.40. The average Bonchev–Trinajstić information content (AvgIpc) is 3.82. The van der Waals surface area contributed by atoms with E-state index in [0.29, 0.717) is 6.42 Å². The fourth-order valence-corrected chi connectivity index (χ4v) is 7.98. The van der Waals surface area contributed by atoms with Crippen LogP contribution in [0.5, 0.6) is 0 Å². The number of hydrogen-bond acceptors (Lipinski definition) is 7. The molecule has 0 bridgehead atoms. The van der Waals surface area contributed by atoms with Gasteiger partial charge in [-0.2, -0.15) is 0 Å². The van der Waals surface area contributed by atoms with Crippen LogP contribution in [-0.2, 0) is 28.8 Å². The molecule has 2 saturated heterocycles. The maximum atomic E-state index is 14.9. The lowest BCUT2D eigenvalue weighted by atomic mass is 9.80. The molecule has 1 unspecified atom stereocenters. The summed E-state index contributed by atoms with van der Waals surface area (Å²) >= 11 is 0. The minimum atomic E-state index is -1.03. The van der Waals surface area contributed by atoms with Crippen LogP contribution in [0.3, 0.4) is 0 Å². The number of amides is 7. The Morgan fingerprint density at radius 1 is 0.927 bits per heavy atom. The summed E-state index contributed by atoms with van der Waals surface area (Å²) in [7, 11) is 0. The van der Waals surface area contributed by atoms with Crippen LogP contribution in [0, 0.1) is 28.6 Å². The van der Waals surface area contributed by atoms with Crippen molar-refractivity contribution in [1.29, 1.82) is 0 Å². The van der Waals surface area contributed by atoms with Crippen molar-refractivity contribution in [3.63, 3.8) is 0 Å². The molecule has 306 valence electrons. The number of rotatable bonds is 15. The van der Waals surface area contributed by atoms with Crippen molar-refractivity contribution in [3.05, 3.63) is 23.8 Å². The first-order chi connectivity index (χ1) is 25.7. The second kappa shape index (κ2) is 18.3. The van der Waals surface area contributed by atoms with Crippen LogP contribution in [0.1, 0.15) is 126 Å². The summed E-state index contributed by atoms with van der Waals surface area (Å²) in [5.74, 6) is -2.72. The van der Waals surface area contributed by atoms with Crippen LogP contribution in [0.15, 0.2) is 23.8 Å². The molecule has 4 aliphatic rings. The number of ketones is 1. The third-order valence-electron chi connectivity index (χ3n) is 12.0. The Bertz CT molecular complexity index is 1510. The molecule has 4 N–H and O–H groups in total. The first kappa shape index (κ1) is 43.7. The zero-order valence-corrected chi connectivity index (χ0v) is 34.5. The van der Waals surface area contributed by atoms with Crippen LogP contribution in [0.4, 0.5) is 4.79 Å². The topological polar surface area (TPSA) is 174 Å². The normalized spacial score (nSPS) is 23.1. The van der Waals surface area contributed by atoms with Crippen LogP contribution in [-0.4, -0.2) is 95.0 Å². The Kier molecular flexibility index (Phi) is 14.5. The minimum absolute atomic E-state index is 0.00999. The monoisotopic (exact) mass is 766 g/mol. The highest BCUT2D eigenvalue weighted by atomic mass is 16.2. The van der Waals surface area contributed by atoms with E-state index in [1.807, 2.05) is 41.5 Å². The zero-order valence-electron chi connectivity index (χ0n) is 34.5. The molecule has 2 heterocycles. The molecule has 7 amide bonds. The van der Waals surface area contributed by atoms with E-state index in [4.69, 9.17) is 0 Å². The van der Waals surface area contributed by atoms with Crippen molar-refractivity contribution < 1.29 is 33.6 Å². The van der Waals surface area contributed by atoms with E-state index in [2.05, 4.69) is 41.7 Å². The molecule has 0 aromatic heterocycles. The highest BCUT2D eigenvalue weighted by molar-refractivity contribution is 6.38. The number of nitrogens with one attached hydrogen (secondary N) is 4. The predicted octanol–water partition coefficient (Wildman–Crippen LogP) is 4.55. The Morgan fingerprint density at radius 3 is 2.09 bits per heavy atom. The van der Waals surface area contributed by atoms with Gasteiger partial charge in [0.05, 0.1) is 12.1 Å². The highest BCUT2D eigenvalue weighted by Crippen LogP contribution is 2.36. The Morgan fingerprint density at radius 2 is 1.55 bits per heavy atom. The second-order valence-electron chi connectivity index (χ2n) is 18.6. The summed E-state index contributed by atoms with van der Waals surface area (Å²) in [5.41, 5.74) is 1.05. The van der Waals surface area contributed by atoms with Gasteiger partial charge in [-0.1, -0.05) is 92.2 Å². The summed E-state index contributed by atoms with van der Waals surface area (Å²) in [6, 6.07) is -4.11. The average molecular weight is 767 g/mol. The van der Waals surface area contributed by atoms with E-state index in [1.54, 1.807) is 4.90 Å².